The molecule has 0 spiro atoms. The number of hydrogen-bond donors (Lipinski definition) is 1. The monoisotopic (exact) mass is 290 g/mol. The van der Waals surface area contributed by atoms with Gasteiger partial charge in [-0.3, -0.25) is 4.90 Å². The smallest absolute Gasteiger partial charge is 0.0594 e. The molecular formula is C18H30N2O. The number of nitrogens with zero attached hydrogens (tertiary/aromatic N) is 1. The number of ether oxygens (including phenoxy) is 1. The average molecular weight is 290 g/mol. The second-order valence-electron chi connectivity index (χ2n) is 6.45. The summed E-state index contributed by atoms with van der Waals surface area (Å²) in [5.74, 6) is 0. The Balaban J connectivity index is 2.09. The second-order valence-corrected chi connectivity index (χ2v) is 6.45. The van der Waals surface area contributed by atoms with E-state index in [2.05, 4.69) is 61.3 Å². The quantitative estimate of drug-likeness (QED) is 0.835. The van der Waals surface area contributed by atoms with Crippen molar-refractivity contribution in [3.8, 4) is 0 Å². The van der Waals surface area contributed by atoms with E-state index >= 15 is 0 Å². The van der Waals surface area contributed by atoms with Crippen molar-refractivity contribution in [1.82, 2.24) is 10.2 Å². The van der Waals surface area contributed by atoms with Crippen LogP contribution in [0.5, 0.6) is 0 Å². The van der Waals surface area contributed by atoms with E-state index in [1.807, 2.05) is 0 Å². The zero-order valence-electron chi connectivity index (χ0n) is 13.8. The van der Waals surface area contributed by atoms with Crippen LogP contribution in [0, 0.1) is 0 Å². The molecule has 3 nitrogen and oxygen atoms in total. The van der Waals surface area contributed by atoms with Gasteiger partial charge >= 0.3 is 0 Å². The molecule has 0 radical (unpaired) electrons. The predicted octanol–water partition coefficient (Wildman–Crippen LogP) is 2.71. The fraction of sp³-hybridized carbons (Fsp3) is 0.667. The molecule has 1 fully saturated rings. The van der Waals surface area contributed by atoms with Crippen molar-refractivity contribution in [2.45, 2.75) is 45.2 Å². The molecule has 1 aromatic rings. The van der Waals surface area contributed by atoms with E-state index in [-0.39, 0.29) is 5.54 Å². The minimum absolute atomic E-state index is 0.134. The molecule has 2 rings (SSSR count). The van der Waals surface area contributed by atoms with E-state index in [0.717, 1.165) is 39.3 Å². The molecule has 0 aromatic heterocycles. The van der Waals surface area contributed by atoms with Crippen molar-refractivity contribution in [1.29, 1.82) is 0 Å². The van der Waals surface area contributed by atoms with Gasteiger partial charge in [-0.15, -0.1) is 0 Å². The van der Waals surface area contributed by atoms with Crippen molar-refractivity contribution in [2.24, 2.45) is 0 Å². The highest BCUT2D eigenvalue weighted by Crippen LogP contribution is 2.23. The normalized spacial score (nSPS) is 18.6. The summed E-state index contributed by atoms with van der Waals surface area (Å²) >= 11 is 0. The Hall–Kier alpha value is -0.900. The lowest BCUT2D eigenvalue weighted by molar-refractivity contribution is -0.0232. The molecule has 118 valence electrons. The Bertz CT molecular complexity index is 399. The number of morpholine rings is 1. The van der Waals surface area contributed by atoms with Gasteiger partial charge in [-0.05, 0) is 38.8 Å². The first-order valence-corrected chi connectivity index (χ1v) is 8.24. The van der Waals surface area contributed by atoms with Gasteiger partial charge in [-0.2, -0.15) is 0 Å². The van der Waals surface area contributed by atoms with Gasteiger partial charge in [0.1, 0.15) is 0 Å². The first-order valence-electron chi connectivity index (χ1n) is 8.24. The van der Waals surface area contributed by atoms with Gasteiger partial charge < -0.3 is 10.1 Å². The Labute approximate surface area is 129 Å². The van der Waals surface area contributed by atoms with Crippen molar-refractivity contribution in [2.75, 3.05) is 32.8 Å². The minimum atomic E-state index is 0.134. The van der Waals surface area contributed by atoms with Crippen LogP contribution in [0.25, 0.3) is 0 Å². The van der Waals surface area contributed by atoms with E-state index in [0.29, 0.717) is 6.04 Å². The van der Waals surface area contributed by atoms with Crippen LogP contribution in [0.4, 0.5) is 0 Å². The fourth-order valence-corrected chi connectivity index (χ4v) is 3.10. The number of rotatable bonds is 7. The molecule has 21 heavy (non-hydrogen) atoms. The molecule has 0 amide bonds. The maximum absolute atomic E-state index is 5.51. The molecule has 1 aliphatic rings. The maximum Gasteiger partial charge on any atom is 0.0594 e. The maximum atomic E-state index is 5.51. The van der Waals surface area contributed by atoms with Gasteiger partial charge in [0.15, 0.2) is 0 Å². The number of hydrogen-bond acceptors (Lipinski definition) is 3. The molecule has 0 bridgehead atoms. The third kappa shape index (κ3) is 4.53. The summed E-state index contributed by atoms with van der Waals surface area (Å²) < 4.78 is 5.51. The SMILES string of the molecule is CCCNC(Cc1ccccc1)C(C)(C)N1CCOCC1. The van der Waals surface area contributed by atoms with Gasteiger partial charge in [0.05, 0.1) is 13.2 Å². The molecule has 1 saturated heterocycles. The molecule has 1 aromatic carbocycles. The van der Waals surface area contributed by atoms with E-state index in [9.17, 15) is 0 Å². The summed E-state index contributed by atoms with van der Waals surface area (Å²) in [6, 6.07) is 11.3. The van der Waals surface area contributed by atoms with E-state index < -0.39 is 0 Å². The fourth-order valence-electron chi connectivity index (χ4n) is 3.10. The van der Waals surface area contributed by atoms with Crippen LogP contribution in [0.3, 0.4) is 0 Å². The van der Waals surface area contributed by atoms with Gasteiger partial charge in [0.2, 0.25) is 0 Å². The van der Waals surface area contributed by atoms with Crippen molar-refractivity contribution in [3.05, 3.63) is 35.9 Å². The predicted molar refractivity (Wildman–Crippen MR) is 88.7 cm³/mol. The van der Waals surface area contributed by atoms with Gasteiger partial charge in [-0.1, -0.05) is 37.3 Å². The topological polar surface area (TPSA) is 24.5 Å². The van der Waals surface area contributed by atoms with Crippen molar-refractivity contribution in [3.63, 3.8) is 0 Å². The highest BCUT2D eigenvalue weighted by atomic mass is 16.5. The van der Waals surface area contributed by atoms with Gasteiger partial charge in [0.25, 0.3) is 0 Å². The largest absolute Gasteiger partial charge is 0.379 e. The standard InChI is InChI=1S/C18H30N2O/c1-4-10-19-17(15-16-8-6-5-7-9-16)18(2,3)20-11-13-21-14-12-20/h5-9,17,19H,4,10-15H2,1-3H3. The highest BCUT2D eigenvalue weighted by Gasteiger charge is 2.35. The zero-order chi connectivity index (χ0) is 15.1. The third-order valence-corrected chi connectivity index (χ3v) is 4.60. The number of nitrogens with one attached hydrogen (secondary N) is 1. The summed E-state index contributed by atoms with van der Waals surface area (Å²) in [7, 11) is 0. The summed E-state index contributed by atoms with van der Waals surface area (Å²) in [6.07, 6.45) is 2.25. The van der Waals surface area contributed by atoms with Crippen molar-refractivity contribution < 1.29 is 4.74 Å². The summed E-state index contributed by atoms with van der Waals surface area (Å²) in [4.78, 5) is 2.58. The molecule has 0 saturated carbocycles. The Morgan fingerprint density at radius 1 is 1.19 bits per heavy atom. The van der Waals surface area contributed by atoms with Crippen LogP contribution in [-0.2, 0) is 11.2 Å². The van der Waals surface area contributed by atoms with Gasteiger partial charge in [-0.25, -0.2) is 0 Å². The Morgan fingerprint density at radius 3 is 2.48 bits per heavy atom. The molecule has 1 unspecified atom stereocenters. The average Bonchev–Trinajstić information content (AvgIpc) is 2.53. The summed E-state index contributed by atoms with van der Waals surface area (Å²) in [6.45, 7) is 11.8. The lowest BCUT2D eigenvalue weighted by atomic mass is 9.87. The Kier molecular flexibility index (Phi) is 6.22. The number of benzene rings is 1. The first kappa shape index (κ1) is 16.5. The highest BCUT2D eigenvalue weighted by molar-refractivity contribution is 5.17. The van der Waals surface area contributed by atoms with Crippen LogP contribution in [0.2, 0.25) is 0 Å². The minimum Gasteiger partial charge on any atom is -0.379 e. The summed E-state index contributed by atoms with van der Waals surface area (Å²) in [5.41, 5.74) is 1.54. The first-order chi connectivity index (χ1) is 10.1. The van der Waals surface area contributed by atoms with E-state index in [4.69, 9.17) is 4.74 Å². The lowest BCUT2D eigenvalue weighted by Crippen LogP contribution is -2.61. The van der Waals surface area contributed by atoms with Gasteiger partial charge in [0, 0.05) is 24.7 Å². The lowest BCUT2D eigenvalue weighted by Gasteiger charge is -2.46. The molecule has 3 heteroatoms. The molecule has 1 N–H and O–H groups in total. The van der Waals surface area contributed by atoms with Crippen LogP contribution < -0.4 is 5.32 Å². The molecular weight excluding hydrogens is 260 g/mol. The van der Waals surface area contributed by atoms with Crippen LogP contribution >= 0.6 is 0 Å². The van der Waals surface area contributed by atoms with Crippen molar-refractivity contribution >= 4 is 0 Å². The molecule has 1 aliphatic heterocycles. The van der Waals surface area contributed by atoms with Crippen LogP contribution in [-0.4, -0.2) is 49.3 Å². The van der Waals surface area contributed by atoms with Crippen LogP contribution in [0.15, 0.2) is 30.3 Å². The van der Waals surface area contributed by atoms with E-state index in [1.54, 1.807) is 0 Å². The van der Waals surface area contributed by atoms with Crippen LogP contribution in [0.1, 0.15) is 32.8 Å². The summed E-state index contributed by atoms with van der Waals surface area (Å²) in [5, 5.41) is 3.77. The molecule has 1 atom stereocenters. The molecule has 1 heterocycles. The third-order valence-electron chi connectivity index (χ3n) is 4.60. The zero-order valence-corrected chi connectivity index (χ0v) is 13.8. The van der Waals surface area contributed by atoms with E-state index in [1.165, 1.54) is 12.0 Å². The molecule has 0 aliphatic carbocycles. The second kappa shape index (κ2) is 7.92. The Morgan fingerprint density at radius 2 is 1.86 bits per heavy atom.